The van der Waals surface area contributed by atoms with E-state index in [0.717, 1.165) is 31.9 Å². The van der Waals surface area contributed by atoms with Crippen molar-refractivity contribution in [1.29, 1.82) is 0 Å². The van der Waals surface area contributed by atoms with Gasteiger partial charge in [-0.2, -0.15) is 0 Å². The first-order valence-corrected chi connectivity index (χ1v) is 5.77. The van der Waals surface area contributed by atoms with Crippen molar-refractivity contribution in [3.05, 3.63) is 24.3 Å². The summed E-state index contributed by atoms with van der Waals surface area (Å²) in [6, 6.07) is 8.53. The minimum Gasteiger partial charge on any atom is -0.399 e. The van der Waals surface area contributed by atoms with E-state index in [4.69, 9.17) is 5.73 Å². The highest BCUT2D eigenvalue weighted by Crippen LogP contribution is 2.16. The van der Waals surface area contributed by atoms with Crippen LogP contribution in [0, 0.1) is 0 Å². The highest BCUT2D eigenvalue weighted by Gasteiger charge is 2.16. The Labute approximate surface area is 96.8 Å². The second kappa shape index (κ2) is 5.18. The zero-order valence-electron chi connectivity index (χ0n) is 9.74. The number of nitrogens with two attached hydrogens (primary N) is 1. The van der Waals surface area contributed by atoms with Crippen molar-refractivity contribution in [1.82, 2.24) is 10.6 Å². The number of hydrogen-bond donors (Lipinski definition) is 3. The zero-order chi connectivity index (χ0) is 11.4. The average Bonchev–Trinajstić information content (AvgIpc) is 2.57. The smallest absolute Gasteiger partial charge is 0.0535 e. The van der Waals surface area contributed by atoms with E-state index in [1.165, 1.54) is 5.69 Å². The molecular formula is C12H20N4. The van der Waals surface area contributed by atoms with Crippen LogP contribution in [0.15, 0.2) is 24.3 Å². The van der Waals surface area contributed by atoms with Crippen molar-refractivity contribution in [2.75, 3.05) is 43.9 Å². The fourth-order valence-corrected chi connectivity index (χ4v) is 1.98. The summed E-state index contributed by atoms with van der Waals surface area (Å²) in [5.74, 6) is 0. The summed E-state index contributed by atoms with van der Waals surface area (Å²) in [5.41, 5.74) is 7.71. The number of rotatable bonds is 2. The van der Waals surface area contributed by atoms with Crippen molar-refractivity contribution < 1.29 is 0 Å². The summed E-state index contributed by atoms with van der Waals surface area (Å²) in [6.45, 7) is 4.14. The van der Waals surface area contributed by atoms with Gasteiger partial charge in [-0.15, -0.1) is 0 Å². The molecule has 4 N–H and O–H groups in total. The predicted molar refractivity (Wildman–Crippen MR) is 68.8 cm³/mol. The lowest BCUT2D eigenvalue weighted by atomic mass is 10.2. The molecule has 0 atom stereocenters. The van der Waals surface area contributed by atoms with Gasteiger partial charge in [-0.25, -0.2) is 0 Å². The molecule has 4 heteroatoms. The van der Waals surface area contributed by atoms with Crippen LogP contribution in [0.1, 0.15) is 0 Å². The van der Waals surface area contributed by atoms with E-state index in [1.54, 1.807) is 0 Å². The van der Waals surface area contributed by atoms with E-state index in [-0.39, 0.29) is 0 Å². The van der Waals surface area contributed by atoms with Gasteiger partial charge in [0.1, 0.15) is 0 Å². The highest BCUT2D eigenvalue weighted by molar-refractivity contribution is 5.53. The van der Waals surface area contributed by atoms with Crippen LogP contribution < -0.4 is 21.3 Å². The number of nitrogen functional groups attached to an aromatic ring is 1. The van der Waals surface area contributed by atoms with Crippen LogP contribution in [0.25, 0.3) is 0 Å². The van der Waals surface area contributed by atoms with Gasteiger partial charge in [0.05, 0.1) is 6.04 Å². The van der Waals surface area contributed by atoms with Gasteiger partial charge in [-0.3, -0.25) is 0 Å². The molecule has 0 aromatic heterocycles. The van der Waals surface area contributed by atoms with Crippen LogP contribution in [-0.2, 0) is 0 Å². The molecule has 1 aromatic rings. The van der Waals surface area contributed by atoms with Gasteiger partial charge < -0.3 is 21.3 Å². The van der Waals surface area contributed by atoms with Crippen molar-refractivity contribution in [2.24, 2.45) is 0 Å². The molecule has 0 saturated carbocycles. The molecule has 2 rings (SSSR count). The van der Waals surface area contributed by atoms with E-state index in [1.807, 2.05) is 12.1 Å². The molecule has 1 aromatic carbocycles. The van der Waals surface area contributed by atoms with Crippen molar-refractivity contribution in [2.45, 2.75) is 6.04 Å². The number of nitrogens with zero attached hydrogens (tertiary/aromatic N) is 1. The molecular weight excluding hydrogens is 200 g/mol. The highest BCUT2D eigenvalue weighted by atomic mass is 15.2. The lowest BCUT2D eigenvalue weighted by Gasteiger charge is -2.29. The second-order valence-electron chi connectivity index (χ2n) is 4.26. The van der Waals surface area contributed by atoms with Crippen LogP contribution in [0.4, 0.5) is 11.4 Å². The van der Waals surface area contributed by atoms with Gasteiger partial charge >= 0.3 is 0 Å². The first-order chi connectivity index (χ1) is 7.77. The molecule has 16 heavy (non-hydrogen) atoms. The van der Waals surface area contributed by atoms with Crippen LogP contribution in [-0.4, -0.2) is 39.3 Å². The van der Waals surface area contributed by atoms with Gasteiger partial charge in [-0.05, 0) is 24.3 Å². The molecule has 1 saturated heterocycles. The Morgan fingerprint density at radius 1 is 1.12 bits per heavy atom. The van der Waals surface area contributed by atoms with E-state index >= 15 is 0 Å². The summed E-state index contributed by atoms with van der Waals surface area (Å²) in [5, 5.41) is 6.86. The SMILES string of the molecule is CN(c1ccc(N)cc1)C1CNCCNC1. The number of likely N-dealkylation sites (N-methyl/N-ethyl adjacent to an activating group) is 1. The number of hydrogen-bond acceptors (Lipinski definition) is 4. The summed E-state index contributed by atoms with van der Waals surface area (Å²) < 4.78 is 0. The fourth-order valence-electron chi connectivity index (χ4n) is 1.98. The third kappa shape index (κ3) is 2.65. The average molecular weight is 220 g/mol. The van der Waals surface area contributed by atoms with Crippen molar-refractivity contribution in [3.8, 4) is 0 Å². The molecule has 1 aliphatic heterocycles. The van der Waals surface area contributed by atoms with Gasteiger partial charge in [0.25, 0.3) is 0 Å². The first-order valence-electron chi connectivity index (χ1n) is 5.77. The van der Waals surface area contributed by atoms with Crippen LogP contribution in [0.2, 0.25) is 0 Å². The minimum absolute atomic E-state index is 0.492. The van der Waals surface area contributed by atoms with Crippen molar-refractivity contribution in [3.63, 3.8) is 0 Å². The third-order valence-corrected chi connectivity index (χ3v) is 3.09. The van der Waals surface area contributed by atoms with Gasteiger partial charge in [0.15, 0.2) is 0 Å². The summed E-state index contributed by atoms with van der Waals surface area (Å²) in [7, 11) is 2.13. The van der Waals surface area contributed by atoms with Gasteiger partial charge in [0, 0.05) is 44.6 Å². The second-order valence-corrected chi connectivity index (χ2v) is 4.26. The Bertz CT molecular complexity index is 314. The molecule has 0 spiro atoms. The quantitative estimate of drug-likeness (QED) is 0.626. The molecule has 0 radical (unpaired) electrons. The Morgan fingerprint density at radius 3 is 2.25 bits per heavy atom. The van der Waals surface area contributed by atoms with E-state index in [0.29, 0.717) is 6.04 Å². The molecule has 4 nitrogen and oxygen atoms in total. The van der Waals surface area contributed by atoms with Crippen molar-refractivity contribution >= 4 is 11.4 Å². The Hall–Kier alpha value is -1.26. The van der Waals surface area contributed by atoms with Gasteiger partial charge in [-0.1, -0.05) is 0 Å². The molecule has 0 unspecified atom stereocenters. The Morgan fingerprint density at radius 2 is 1.69 bits per heavy atom. The molecule has 0 amide bonds. The van der Waals surface area contributed by atoms with E-state index in [9.17, 15) is 0 Å². The number of benzene rings is 1. The lowest BCUT2D eigenvalue weighted by molar-refractivity contribution is 0.586. The maximum atomic E-state index is 5.69. The Balaban J connectivity index is 2.04. The Kier molecular flexibility index (Phi) is 3.64. The summed E-state index contributed by atoms with van der Waals surface area (Å²) in [6.07, 6.45) is 0. The topological polar surface area (TPSA) is 53.3 Å². The maximum absolute atomic E-state index is 5.69. The molecule has 1 heterocycles. The van der Waals surface area contributed by atoms with Gasteiger partial charge in [0.2, 0.25) is 0 Å². The van der Waals surface area contributed by atoms with Crippen LogP contribution in [0.3, 0.4) is 0 Å². The van der Waals surface area contributed by atoms with Crippen LogP contribution >= 0.6 is 0 Å². The molecule has 1 aliphatic rings. The van der Waals surface area contributed by atoms with Crippen LogP contribution in [0.5, 0.6) is 0 Å². The molecule has 1 fully saturated rings. The lowest BCUT2D eigenvalue weighted by Crippen LogP contribution is -2.43. The van der Waals surface area contributed by atoms with E-state index < -0.39 is 0 Å². The zero-order valence-corrected chi connectivity index (χ0v) is 9.74. The standard InChI is InChI=1S/C12H20N4/c1-16(11-4-2-10(13)3-5-11)12-8-14-6-7-15-9-12/h2-5,12,14-15H,6-9,13H2,1H3. The molecule has 0 bridgehead atoms. The predicted octanol–water partition coefficient (Wildman–Crippen LogP) is 0.266. The first kappa shape index (κ1) is 11.2. The number of anilines is 2. The minimum atomic E-state index is 0.492. The monoisotopic (exact) mass is 220 g/mol. The maximum Gasteiger partial charge on any atom is 0.0535 e. The molecule has 88 valence electrons. The summed E-state index contributed by atoms with van der Waals surface area (Å²) in [4.78, 5) is 2.30. The summed E-state index contributed by atoms with van der Waals surface area (Å²) >= 11 is 0. The largest absolute Gasteiger partial charge is 0.399 e. The van der Waals surface area contributed by atoms with E-state index in [2.05, 4.69) is 34.7 Å². The fraction of sp³-hybridized carbons (Fsp3) is 0.500. The third-order valence-electron chi connectivity index (χ3n) is 3.09. The number of nitrogens with one attached hydrogen (secondary N) is 2. The normalized spacial score (nSPS) is 18.1. The molecule has 0 aliphatic carbocycles.